The van der Waals surface area contributed by atoms with Crippen LogP contribution in [0.15, 0.2) is 18.2 Å². The number of carbonyl (C=O) groups excluding carboxylic acids is 3. The third kappa shape index (κ3) is 2.87. The smallest absolute Gasteiger partial charge is 0.255 e. The van der Waals surface area contributed by atoms with Gasteiger partial charge in [-0.3, -0.25) is 25.5 Å². The van der Waals surface area contributed by atoms with Crippen molar-refractivity contribution in [2.45, 2.75) is 26.3 Å². The summed E-state index contributed by atoms with van der Waals surface area (Å²) in [6, 6.07) is 4.37. The van der Waals surface area contributed by atoms with Gasteiger partial charge in [-0.15, -0.1) is 0 Å². The van der Waals surface area contributed by atoms with Crippen LogP contribution in [0.4, 0.5) is 5.69 Å². The van der Waals surface area contributed by atoms with Gasteiger partial charge in [0.15, 0.2) is 0 Å². The number of nitrogens with one attached hydrogen (secondary N) is 2. The van der Waals surface area contributed by atoms with Crippen molar-refractivity contribution in [3.8, 4) is 0 Å². The Kier molecular flexibility index (Phi) is 4.23. The van der Waals surface area contributed by atoms with Gasteiger partial charge in [-0.2, -0.15) is 0 Å². The molecule has 112 valence electrons. The maximum atomic E-state index is 12.6. The Bertz CT molecular complexity index is 600. The molecule has 7 nitrogen and oxygen atoms in total. The molecule has 0 aromatic heterocycles. The fourth-order valence-corrected chi connectivity index (χ4v) is 2.41. The fourth-order valence-electron chi connectivity index (χ4n) is 2.41. The third-order valence-electron chi connectivity index (χ3n) is 3.53. The summed E-state index contributed by atoms with van der Waals surface area (Å²) in [5.41, 5.74) is 4.48. The zero-order valence-electron chi connectivity index (χ0n) is 12.0. The number of hydrogen-bond acceptors (Lipinski definition) is 5. The predicted molar refractivity (Wildman–Crippen MR) is 77.3 cm³/mol. The number of benzene rings is 1. The largest absolute Gasteiger partial charge is 0.324 e. The van der Waals surface area contributed by atoms with Gasteiger partial charge in [0, 0.05) is 5.56 Å². The maximum Gasteiger partial charge on any atom is 0.255 e. The first-order valence-electron chi connectivity index (χ1n) is 6.69. The second kappa shape index (κ2) is 5.92. The topological polar surface area (TPSA) is 105 Å². The Morgan fingerprint density at radius 3 is 2.76 bits per heavy atom. The zero-order valence-corrected chi connectivity index (χ0v) is 12.0. The highest BCUT2D eigenvalue weighted by Gasteiger charge is 2.35. The monoisotopic (exact) mass is 290 g/mol. The Morgan fingerprint density at radius 1 is 1.48 bits per heavy atom. The lowest BCUT2D eigenvalue weighted by atomic mass is 10.0. The summed E-state index contributed by atoms with van der Waals surface area (Å²) in [4.78, 5) is 37.2. The van der Waals surface area contributed by atoms with Crippen molar-refractivity contribution >= 4 is 23.4 Å². The lowest BCUT2D eigenvalue weighted by Crippen LogP contribution is -2.59. The molecule has 0 aliphatic carbocycles. The average molecular weight is 290 g/mol. The van der Waals surface area contributed by atoms with Gasteiger partial charge in [0.2, 0.25) is 11.8 Å². The Hall–Kier alpha value is -2.41. The first-order valence-corrected chi connectivity index (χ1v) is 6.69. The maximum absolute atomic E-state index is 12.6. The van der Waals surface area contributed by atoms with E-state index in [1.165, 1.54) is 4.90 Å². The van der Waals surface area contributed by atoms with Gasteiger partial charge >= 0.3 is 0 Å². The van der Waals surface area contributed by atoms with Gasteiger partial charge in [-0.1, -0.05) is 6.92 Å². The predicted octanol–water partition coefficient (Wildman–Crippen LogP) is 0.158. The van der Waals surface area contributed by atoms with Crippen molar-refractivity contribution in [2.24, 2.45) is 5.84 Å². The van der Waals surface area contributed by atoms with E-state index in [0.29, 0.717) is 17.7 Å². The van der Waals surface area contributed by atoms with Gasteiger partial charge < -0.3 is 10.3 Å². The van der Waals surface area contributed by atoms with Crippen molar-refractivity contribution in [1.82, 2.24) is 10.2 Å². The minimum atomic E-state index is -0.622. The number of amides is 3. The van der Waals surface area contributed by atoms with Crippen LogP contribution in [-0.4, -0.2) is 35.2 Å². The van der Waals surface area contributed by atoms with Crippen molar-refractivity contribution < 1.29 is 14.4 Å². The first kappa shape index (κ1) is 15.0. The van der Waals surface area contributed by atoms with Crippen molar-refractivity contribution in [1.29, 1.82) is 0 Å². The fraction of sp³-hybridized carbons (Fsp3) is 0.357. The van der Waals surface area contributed by atoms with Gasteiger partial charge in [0.1, 0.15) is 12.6 Å². The molecule has 0 saturated carbocycles. The average Bonchev–Trinajstić information content (AvgIpc) is 2.45. The number of aryl methyl sites for hydroxylation is 1. The molecule has 0 radical (unpaired) electrons. The Balaban J connectivity index is 2.31. The van der Waals surface area contributed by atoms with E-state index in [1.807, 2.05) is 6.92 Å². The molecule has 1 aromatic rings. The molecule has 1 saturated heterocycles. The molecule has 1 aromatic carbocycles. The second-order valence-electron chi connectivity index (χ2n) is 4.94. The lowest BCUT2D eigenvalue weighted by molar-refractivity contribution is -0.138. The lowest BCUT2D eigenvalue weighted by Gasteiger charge is -2.33. The normalized spacial score (nSPS) is 18.4. The number of piperazine rings is 1. The van der Waals surface area contributed by atoms with Gasteiger partial charge in [-0.05, 0) is 37.1 Å². The van der Waals surface area contributed by atoms with E-state index in [2.05, 4.69) is 10.7 Å². The number of nitrogen functional groups attached to an aromatic ring is 1. The molecule has 1 aliphatic heterocycles. The summed E-state index contributed by atoms with van der Waals surface area (Å²) in [5, 5.41) is 2.25. The van der Waals surface area contributed by atoms with E-state index in [-0.39, 0.29) is 12.5 Å². The molecule has 3 amide bonds. The van der Waals surface area contributed by atoms with E-state index in [4.69, 9.17) is 5.84 Å². The molecular formula is C14H18N4O3. The summed E-state index contributed by atoms with van der Waals surface area (Å²) in [6.45, 7) is 3.50. The summed E-state index contributed by atoms with van der Waals surface area (Å²) < 4.78 is 0. The van der Waals surface area contributed by atoms with Gasteiger partial charge in [-0.25, -0.2) is 0 Å². The van der Waals surface area contributed by atoms with Crippen LogP contribution in [0, 0.1) is 6.92 Å². The molecule has 4 N–H and O–H groups in total. The summed E-state index contributed by atoms with van der Waals surface area (Å²) >= 11 is 0. The van der Waals surface area contributed by atoms with Crippen molar-refractivity contribution in [3.05, 3.63) is 29.3 Å². The highest BCUT2D eigenvalue weighted by molar-refractivity contribution is 6.07. The van der Waals surface area contributed by atoms with E-state index < -0.39 is 17.9 Å². The van der Waals surface area contributed by atoms with Crippen LogP contribution in [0.3, 0.4) is 0 Å². The molecule has 2 rings (SSSR count). The van der Waals surface area contributed by atoms with Gasteiger partial charge in [0.25, 0.3) is 5.91 Å². The second-order valence-corrected chi connectivity index (χ2v) is 4.94. The van der Waals surface area contributed by atoms with Crippen LogP contribution in [-0.2, 0) is 9.59 Å². The molecule has 1 atom stereocenters. The number of nitrogens with zero attached hydrogens (tertiary/aromatic N) is 1. The number of rotatable bonds is 3. The summed E-state index contributed by atoms with van der Waals surface area (Å²) in [5.74, 6) is 4.13. The van der Waals surface area contributed by atoms with Crippen molar-refractivity contribution in [3.63, 3.8) is 0 Å². The molecule has 7 heteroatoms. The van der Waals surface area contributed by atoms with Crippen LogP contribution in [0.2, 0.25) is 0 Å². The SMILES string of the molecule is CCC1C(=O)NC(=O)CN1C(=O)c1ccc(NN)c(C)c1. The Morgan fingerprint density at radius 2 is 2.19 bits per heavy atom. The molecule has 0 bridgehead atoms. The highest BCUT2D eigenvalue weighted by Crippen LogP contribution is 2.19. The van der Waals surface area contributed by atoms with E-state index in [0.717, 1.165) is 5.56 Å². The molecule has 21 heavy (non-hydrogen) atoms. The minimum absolute atomic E-state index is 0.112. The van der Waals surface area contributed by atoms with Crippen LogP contribution < -0.4 is 16.6 Å². The van der Waals surface area contributed by atoms with E-state index >= 15 is 0 Å². The van der Waals surface area contributed by atoms with Gasteiger partial charge in [0.05, 0.1) is 5.69 Å². The van der Waals surface area contributed by atoms with E-state index in [9.17, 15) is 14.4 Å². The number of hydrogen-bond donors (Lipinski definition) is 3. The molecule has 1 aliphatic rings. The Labute approximate surface area is 122 Å². The first-order chi connectivity index (χ1) is 9.97. The number of hydrazine groups is 1. The van der Waals surface area contributed by atoms with Crippen LogP contribution in [0.25, 0.3) is 0 Å². The van der Waals surface area contributed by atoms with Crippen molar-refractivity contribution in [2.75, 3.05) is 12.0 Å². The summed E-state index contributed by atoms with van der Waals surface area (Å²) in [7, 11) is 0. The highest BCUT2D eigenvalue weighted by atomic mass is 16.2. The quantitative estimate of drug-likeness (QED) is 0.418. The summed E-state index contributed by atoms with van der Waals surface area (Å²) in [6.07, 6.45) is 0.451. The van der Waals surface area contributed by atoms with Crippen LogP contribution in [0.5, 0.6) is 0 Å². The third-order valence-corrected chi connectivity index (χ3v) is 3.53. The van der Waals surface area contributed by atoms with Crippen LogP contribution >= 0.6 is 0 Å². The number of nitrogens with two attached hydrogens (primary N) is 1. The molecule has 1 unspecified atom stereocenters. The zero-order chi connectivity index (χ0) is 15.6. The number of anilines is 1. The minimum Gasteiger partial charge on any atom is -0.324 e. The molecule has 1 fully saturated rings. The molecular weight excluding hydrogens is 272 g/mol. The van der Waals surface area contributed by atoms with E-state index in [1.54, 1.807) is 25.1 Å². The number of carbonyl (C=O) groups is 3. The van der Waals surface area contributed by atoms with Crippen LogP contribution in [0.1, 0.15) is 29.3 Å². The molecule has 0 spiro atoms. The standard InChI is InChI=1S/C14H18N4O3/c1-3-11-13(20)16-12(19)7-18(11)14(21)9-4-5-10(17-15)8(2)6-9/h4-6,11,17H,3,7,15H2,1-2H3,(H,16,19,20). The molecule has 1 heterocycles. The number of imide groups is 1.